The van der Waals surface area contributed by atoms with Gasteiger partial charge in [-0.2, -0.15) is 5.10 Å². The Morgan fingerprint density at radius 1 is 1.12 bits per heavy atom. The van der Waals surface area contributed by atoms with Crippen LogP contribution in [0.3, 0.4) is 0 Å². The first-order valence-corrected chi connectivity index (χ1v) is 10.7. The second kappa shape index (κ2) is 8.45. The molecule has 1 aliphatic rings. The van der Waals surface area contributed by atoms with Crippen LogP contribution < -0.4 is 15.0 Å². The van der Waals surface area contributed by atoms with Crippen molar-refractivity contribution in [2.45, 2.75) is 25.2 Å². The van der Waals surface area contributed by atoms with Crippen molar-refractivity contribution < 1.29 is 9.47 Å². The third kappa shape index (κ3) is 4.08. The van der Waals surface area contributed by atoms with E-state index < -0.39 is 0 Å². The van der Waals surface area contributed by atoms with Gasteiger partial charge in [-0.3, -0.25) is 9.78 Å². The first kappa shape index (κ1) is 20.2. The van der Waals surface area contributed by atoms with Crippen molar-refractivity contribution in [3.8, 4) is 11.6 Å². The van der Waals surface area contributed by atoms with E-state index in [1.807, 2.05) is 47.2 Å². The van der Waals surface area contributed by atoms with Gasteiger partial charge in [0.1, 0.15) is 5.75 Å². The maximum atomic E-state index is 12.6. The van der Waals surface area contributed by atoms with E-state index in [1.165, 1.54) is 4.68 Å². The van der Waals surface area contributed by atoms with Gasteiger partial charge in [0.15, 0.2) is 0 Å². The molecule has 1 aliphatic carbocycles. The predicted molar refractivity (Wildman–Crippen MR) is 119 cm³/mol. The molecule has 4 aromatic rings. The molecule has 0 spiro atoms. The maximum Gasteiger partial charge on any atom is 0.269 e. The van der Waals surface area contributed by atoms with E-state index >= 15 is 0 Å². The lowest BCUT2D eigenvalue weighted by atomic mass is 10.1. The summed E-state index contributed by atoms with van der Waals surface area (Å²) in [6, 6.07) is 11.7. The van der Waals surface area contributed by atoms with E-state index in [-0.39, 0.29) is 5.56 Å². The van der Waals surface area contributed by atoms with E-state index in [4.69, 9.17) is 9.47 Å². The molecule has 5 rings (SSSR count). The van der Waals surface area contributed by atoms with E-state index in [2.05, 4.69) is 15.2 Å². The molecular formula is C24H25N5O3. The van der Waals surface area contributed by atoms with E-state index in [0.29, 0.717) is 36.3 Å². The van der Waals surface area contributed by atoms with Gasteiger partial charge < -0.3 is 9.47 Å². The zero-order valence-electron chi connectivity index (χ0n) is 18.1. The standard InChI is InChI=1S/C24H25N5O3/c1-28-24(30)16(6-7-17-13-26-29-10-4-3-5-22(17)29)12-23(27-28)32-15-18-11-20(18)21-9-8-19(31-2)14-25-21/h3-5,8-10,12-14,18,20H,6-7,11,15H2,1-2H3/t18-,20+/m1/s1. The fourth-order valence-corrected chi connectivity index (χ4v) is 4.06. The van der Waals surface area contributed by atoms with Gasteiger partial charge in [-0.15, -0.1) is 5.10 Å². The predicted octanol–water partition coefficient (Wildman–Crippen LogP) is 2.80. The number of nitrogens with zero attached hydrogens (tertiary/aromatic N) is 5. The Morgan fingerprint density at radius 2 is 2.00 bits per heavy atom. The van der Waals surface area contributed by atoms with Crippen LogP contribution in [-0.2, 0) is 19.9 Å². The largest absolute Gasteiger partial charge is 0.495 e. The minimum atomic E-state index is -0.0967. The van der Waals surface area contributed by atoms with E-state index in [9.17, 15) is 4.79 Å². The molecule has 0 unspecified atom stereocenters. The minimum Gasteiger partial charge on any atom is -0.495 e. The van der Waals surface area contributed by atoms with Gasteiger partial charge in [-0.05, 0) is 49.1 Å². The summed E-state index contributed by atoms with van der Waals surface area (Å²) in [5.41, 5.74) is 3.82. The lowest BCUT2D eigenvalue weighted by Gasteiger charge is -2.09. The van der Waals surface area contributed by atoms with E-state index in [0.717, 1.165) is 35.4 Å². The Bertz CT molecular complexity index is 1300. The molecule has 0 amide bonds. The van der Waals surface area contributed by atoms with Gasteiger partial charge in [0.05, 0.1) is 31.6 Å². The van der Waals surface area contributed by atoms with Crippen molar-refractivity contribution in [1.82, 2.24) is 24.4 Å². The highest BCUT2D eigenvalue weighted by Gasteiger charge is 2.40. The molecule has 0 radical (unpaired) electrons. The van der Waals surface area contributed by atoms with Crippen LogP contribution in [0.15, 0.2) is 59.8 Å². The molecule has 8 heteroatoms. The fourth-order valence-electron chi connectivity index (χ4n) is 4.06. The Morgan fingerprint density at radius 3 is 2.81 bits per heavy atom. The van der Waals surface area contributed by atoms with Crippen LogP contribution in [0, 0.1) is 5.92 Å². The van der Waals surface area contributed by atoms with Crippen LogP contribution in [0.25, 0.3) is 5.52 Å². The summed E-state index contributed by atoms with van der Waals surface area (Å²) in [5.74, 6) is 2.03. The number of hydrogen-bond donors (Lipinski definition) is 0. The maximum absolute atomic E-state index is 12.6. The van der Waals surface area contributed by atoms with Crippen molar-refractivity contribution in [3.63, 3.8) is 0 Å². The average Bonchev–Trinajstić information content (AvgIpc) is 3.49. The van der Waals surface area contributed by atoms with Crippen molar-refractivity contribution in [2.24, 2.45) is 13.0 Å². The Labute approximate surface area is 185 Å². The number of rotatable bonds is 8. The highest BCUT2D eigenvalue weighted by Crippen LogP contribution is 2.46. The van der Waals surface area contributed by atoms with Crippen molar-refractivity contribution >= 4 is 5.52 Å². The lowest BCUT2D eigenvalue weighted by Crippen LogP contribution is -2.24. The van der Waals surface area contributed by atoms with Crippen LogP contribution in [0.2, 0.25) is 0 Å². The number of ether oxygens (including phenoxy) is 2. The lowest BCUT2D eigenvalue weighted by molar-refractivity contribution is 0.277. The van der Waals surface area contributed by atoms with Gasteiger partial charge in [-0.1, -0.05) is 6.07 Å². The zero-order valence-corrected chi connectivity index (χ0v) is 18.1. The number of hydrogen-bond acceptors (Lipinski definition) is 6. The Hall–Kier alpha value is -3.68. The fraction of sp³-hybridized carbons (Fsp3) is 0.333. The molecule has 0 aromatic carbocycles. The summed E-state index contributed by atoms with van der Waals surface area (Å²) >= 11 is 0. The molecule has 0 N–H and O–H groups in total. The van der Waals surface area contributed by atoms with Gasteiger partial charge in [0.2, 0.25) is 5.88 Å². The van der Waals surface area contributed by atoms with Gasteiger partial charge in [-0.25, -0.2) is 9.20 Å². The van der Waals surface area contributed by atoms with Crippen LogP contribution in [0.5, 0.6) is 11.6 Å². The van der Waals surface area contributed by atoms with Crippen molar-refractivity contribution in [2.75, 3.05) is 13.7 Å². The van der Waals surface area contributed by atoms with Crippen LogP contribution in [0.4, 0.5) is 0 Å². The monoisotopic (exact) mass is 431 g/mol. The number of fused-ring (bicyclic) bond motifs is 1. The van der Waals surface area contributed by atoms with E-state index in [1.54, 1.807) is 26.4 Å². The van der Waals surface area contributed by atoms with Crippen molar-refractivity contribution in [3.05, 3.63) is 82.2 Å². The molecule has 8 nitrogen and oxygen atoms in total. The van der Waals surface area contributed by atoms with Crippen LogP contribution in [0.1, 0.15) is 29.2 Å². The SMILES string of the molecule is COc1ccc([C@H]2C[C@@H]2COc2cc(CCc3cnn4ccccc34)c(=O)n(C)n2)nc1. The second-order valence-electron chi connectivity index (χ2n) is 8.17. The van der Waals surface area contributed by atoms with Gasteiger partial charge >= 0.3 is 0 Å². The zero-order chi connectivity index (χ0) is 22.1. The third-order valence-electron chi connectivity index (χ3n) is 6.03. The second-order valence-corrected chi connectivity index (χ2v) is 8.17. The average molecular weight is 431 g/mol. The van der Waals surface area contributed by atoms with Gasteiger partial charge in [0, 0.05) is 42.4 Å². The quantitative estimate of drug-likeness (QED) is 0.427. The number of aryl methyl sites for hydroxylation is 3. The molecule has 164 valence electrons. The smallest absolute Gasteiger partial charge is 0.269 e. The molecular weight excluding hydrogens is 406 g/mol. The van der Waals surface area contributed by atoms with Crippen LogP contribution >= 0.6 is 0 Å². The first-order valence-electron chi connectivity index (χ1n) is 10.7. The van der Waals surface area contributed by atoms with Crippen LogP contribution in [-0.4, -0.2) is 38.1 Å². The summed E-state index contributed by atoms with van der Waals surface area (Å²) in [6.45, 7) is 0.553. The molecule has 1 saturated carbocycles. The Balaban J connectivity index is 1.23. The normalized spacial score (nSPS) is 17.4. The van der Waals surface area contributed by atoms with Crippen molar-refractivity contribution in [1.29, 1.82) is 0 Å². The molecule has 0 aliphatic heterocycles. The summed E-state index contributed by atoms with van der Waals surface area (Å²) in [7, 11) is 3.30. The highest BCUT2D eigenvalue weighted by molar-refractivity contribution is 5.53. The molecule has 4 aromatic heterocycles. The molecule has 1 fully saturated rings. The highest BCUT2D eigenvalue weighted by atomic mass is 16.5. The minimum absolute atomic E-state index is 0.0967. The molecule has 32 heavy (non-hydrogen) atoms. The molecule has 0 bridgehead atoms. The molecule has 2 atom stereocenters. The Kier molecular flexibility index (Phi) is 5.34. The third-order valence-corrected chi connectivity index (χ3v) is 6.03. The number of aromatic nitrogens is 5. The summed E-state index contributed by atoms with van der Waals surface area (Å²) < 4.78 is 14.3. The summed E-state index contributed by atoms with van der Waals surface area (Å²) in [4.78, 5) is 17.1. The molecule has 0 saturated heterocycles. The first-order chi connectivity index (χ1) is 15.6. The summed E-state index contributed by atoms with van der Waals surface area (Å²) in [6.07, 6.45) is 7.88. The summed E-state index contributed by atoms with van der Waals surface area (Å²) in [5, 5.41) is 8.65. The van der Waals surface area contributed by atoms with Gasteiger partial charge in [0.25, 0.3) is 5.56 Å². The molecule has 4 heterocycles. The topological polar surface area (TPSA) is 83.5 Å². The number of methoxy groups -OCH3 is 1. The number of pyridine rings is 2.